The third kappa shape index (κ3) is 4.25. The molecular formula is C25H28FN3O4. The molecule has 0 atom stereocenters. The number of alkyl halides is 1. The van der Waals surface area contributed by atoms with Crippen LogP contribution in [0.25, 0.3) is 16.5 Å². The van der Waals surface area contributed by atoms with Gasteiger partial charge in [-0.05, 0) is 43.2 Å². The molecule has 0 bridgehead atoms. The maximum atomic E-state index is 13.7. The molecular weight excluding hydrogens is 425 g/mol. The number of likely N-dealkylation sites (tertiary alicyclic amines) is 1. The number of amides is 1. The second kappa shape index (κ2) is 9.13. The van der Waals surface area contributed by atoms with E-state index in [0.29, 0.717) is 59.5 Å². The first-order valence-electron chi connectivity index (χ1n) is 10.9. The van der Waals surface area contributed by atoms with Crippen LogP contribution >= 0.6 is 0 Å². The van der Waals surface area contributed by atoms with Crippen molar-refractivity contribution in [1.29, 1.82) is 0 Å². The molecule has 0 unspecified atom stereocenters. The predicted octanol–water partition coefficient (Wildman–Crippen LogP) is 3.65. The second-order valence-corrected chi connectivity index (χ2v) is 8.35. The summed E-state index contributed by atoms with van der Waals surface area (Å²) in [5.41, 5.74) is 1.64. The number of methoxy groups -OCH3 is 2. The van der Waals surface area contributed by atoms with Crippen molar-refractivity contribution in [2.24, 2.45) is 0 Å². The first kappa shape index (κ1) is 22.6. The first-order valence-corrected chi connectivity index (χ1v) is 10.9. The average molecular weight is 454 g/mol. The third-order valence-corrected chi connectivity index (χ3v) is 6.09. The molecule has 1 aliphatic heterocycles. The molecule has 3 aromatic rings. The highest BCUT2D eigenvalue weighted by molar-refractivity contribution is 6.07. The molecule has 1 saturated heterocycles. The number of fused-ring (bicyclic) bond motifs is 1. The molecule has 2 aromatic carbocycles. The lowest BCUT2D eigenvalue weighted by Crippen LogP contribution is -2.39. The summed E-state index contributed by atoms with van der Waals surface area (Å²) in [5, 5.41) is 0.819. The van der Waals surface area contributed by atoms with E-state index in [0.717, 1.165) is 5.69 Å². The molecule has 1 aliphatic rings. The molecule has 0 N–H and O–H groups in total. The molecule has 0 aliphatic carbocycles. The number of nitrogens with zero attached hydrogens (tertiary/aromatic N) is 3. The van der Waals surface area contributed by atoms with Crippen LogP contribution in [0.5, 0.6) is 11.5 Å². The Bertz CT molecular complexity index is 1250. The van der Waals surface area contributed by atoms with E-state index in [1.165, 1.54) is 18.8 Å². The van der Waals surface area contributed by atoms with Crippen molar-refractivity contribution in [3.8, 4) is 17.2 Å². The van der Waals surface area contributed by atoms with Crippen LogP contribution in [0.2, 0.25) is 0 Å². The fourth-order valence-corrected chi connectivity index (χ4v) is 4.17. The van der Waals surface area contributed by atoms with Gasteiger partial charge in [-0.1, -0.05) is 6.07 Å². The summed E-state index contributed by atoms with van der Waals surface area (Å²) in [4.78, 5) is 30.7. The van der Waals surface area contributed by atoms with Crippen LogP contribution in [0.1, 0.15) is 23.2 Å². The molecule has 0 saturated carbocycles. The number of piperidine rings is 1. The van der Waals surface area contributed by atoms with Gasteiger partial charge < -0.3 is 19.3 Å². The van der Waals surface area contributed by atoms with Gasteiger partial charge in [0.15, 0.2) is 11.5 Å². The standard InChI is InChI=1S/C25H28FN3O4/c1-27(2)17-6-5-7-18(12-17)29-15-21(24(30)28-10-8-16(26)9-11-28)19-13-22(32-3)23(33-4)14-20(19)25(29)31/h5-7,12-16H,8-11H2,1-4H3. The van der Waals surface area contributed by atoms with E-state index in [1.54, 1.807) is 23.2 Å². The van der Waals surface area contributed by atoms with Gasteiger partial charge in [0.1, 0.15) is 6.17 Å². The summed E-state index contributed by atoms with van der Waals surface area (Å²) in [7, 11) is 6.84. The van der Waals surface area contributed by atoms with Gasteiger partial charge in [-0.25, -0.2) is 4.39 Å². The van der Waals surface area contributed by atoms with Crippen LogP contribution in [0.4, 0.5) is 10.1 Å². The predicted molar refractivity (Wildman–Crippen MR) is 127 cm³/mol. The number of rotatable bonds is 5. The number of ether oxygens (including phenoxy) is 2. The minimum Gasteiger partial charge on any atom is -0.493 e. The van der Waals surface area contributed by atoms with Crippen LogP contribution < -0.4 is 19.9 Å². The fraction of sp³-hybridized carbons (Fsp3) is 0.360. The van der Waals surface area contributed by atoms with Crippen molar-refractivity contribution < 1.29 is 18.7 Å². The zero-order chi connectivity index (χ0) is 23.7. The molecule has 1 fully saturated rings. The molecule has 1 amide bonds. The van der Waals surface area contributed by atoms with Crippen LogP contribution in [-0.4, -0.2) is 63.0 Å². The van der Waals surface area contributed by atoms with E-state index in [2.05, 4.69) is 0 Å². The van der Waals surface area contributed by atoms with Crippen molar-refractivity contribution in [3.05, 3.63) is 58.5 Å². The van der Waals surface area contributed by atoms with Crippen molar-refractivity contribution in [2.75, 3.05) is 46.3 Å². The van der Waals surface area contributed by atoms with Crippen molar-refractivity contribution in [2.45, 2.75) is 19.0 Å². The number of carbonyl (C=O) groups excluding carboxylic acids is 1. The monoisotopic (exact) mass is 453 g/mol. The molecule has 4 rings (SSSR count). The molecule has 2 heterocycles. The number of benzene rings is 2. The fourth-order valence-electron chi connectivity index (χ4n) is 4.17. The Morgan fingerprint density at radius 3 is 2.27 bits per heavy atom. The Balaban J connectivity index is 1.96. The van der Waals surface area contributed by atoms with E-state index in [-0.39, 0.29) is 11.5 Å². The van der Waals surface area contributed by atoms with Gasteiger partial charge in [0, 0.05) is 44.5 Å². The van der Waals surface area contributed by atoms with Gasteiger partial charge in [-0.15, -0.1) is 0 Å². The number of hydrogen-bond donors (Lipinski definition) is 0. The van der Waals surface area contributed by atoms with Crippen LogP contribution in [0, 0.1) is 0 Å². The molecule has 0 radical (unpaired) electrons. The van der Waals surface area contributed by atoms with Crippen molar-refractivity contribution >= 4 is 22.4 Å². The van der Waals surface area contributed by atoms with Crippen molar-refractivity contribution in [3.63, 3.8) is 0 Å². The zero-order valence-electron chi connectivity index (χ0n) is 19.3. The summed E-state index contributed by atoms with van der Waals surface area (Å²) < 4.78 is 26.0. The third-order valence-electron chi connectivity index (χ3n) is 6.09. The topological polar surface area (TPSA) is 64.0 Å². The Labute approximate surface area is 191 Å². The Morgan fingerprint density at radius 2 is 1.67 bits per heavy atom. The molecule has 7 nitrogen and oxygen atoms in total. The Hall–Kier alpha value is -3.55. The lowest BCUT2D eigenvalue weighted by atomic mass is 10.0. The number of aromatic nitrogens is 1. The highest BCUT2D eigenvalue weighted by Crippen LogP contribution is 2.33. The first-order chi connectivity index (χ1) is 15.8. The van der Waals surface area contributed by atoms with Gasteiger partial charge in [0.25, 0.3) is 11.5 Å². The number of pyridine rings is 1. The lowest BCUT2D eigenvalue weighted by molar-refractivity contribution is 0.0668. The highest BCUT2D eigenvalue weighted by atomic mass is 19.1. The minimum atomic E-state index is -0.891. The molecule has 0 spiro atoms. The molecule has 1 aromatic heterocycles. The minimum absolute atomic E-state index is 0.239. The zero-order valence-corrected chi connectivity index (χ0v) is 19.3. The summed E-state index contributed by atoms with van der Waals surface area (Å²) in [5.74, 6) is 0.587. The summed E-state index contributed by atoms with van der Waals surface area (Å²) >= 11 is 0. The average Bonchev–Trinajstić information content (AvgIpc) is 2.83. The maximum Gasteiger partial charge on any atom is 0.263 e. The van der Waals surface area contributed by atoms with Crippen molar-refractivity contribution in [1.82, 2.24) is 9.47 Å². The smallest absolute Gasteiger partial charge is 0.263 e. The Morgan fingerprint density at radius 1 is 1.03 bits per heavy atom. The summed E-state index contributed by atoms with van der Waals surface area (Å²) in [6.45, 7) is 0.675. The van der Waals surface area contributed by atoms with Gasteiger partial charge in [0.05, 0.1) is 30.9 Å². The number of hydrogen-bond acceptors (Lipinski definition) is 5. The number of halogens is 1. The van der Waals surface area contributed by atoms with E-state index in [9.17, 15) is 14.0 Å². The maximum absolute atomic E-state index is 13.7. The Kier molecular flexibility index (Phi) is 6.26. The highest BCUT2D eigenvalue weighted by Gasteiger charge is 2.26. The normalized spacial score (nSPS) is 14.4. The van der Waals surface area contributed by atoms with Gasteiger partial charge >= 0.3 is 0 Å². The largest absolute Gasteiger partial charge is 0.493 e. The van der Waals surface area contributed by atoms with Crippen LogP contribution in [0.15, 0.2) is 47.4 Å². The van der Waals surface area contributed by atoms with Gasteiger partial charge in [0.2, 0.25) is 0 Å². The quantitative estimate of drug-likeness (QED) is 0.590. The molecule has 8 heteroatoms. The van der Waals surface area contributed by atoms with E-state index in [4.69, 9.17) is 9.47 Å². The SMILES string of the molecule is COc1cc2c(C(=O)N3CCC(F)CC3)cn(-c3cccc(N(C)C)c3)c(=O)c2cc1OC. The molecule has 33 heavy (non-hydrogen) atoms. The number of carbonyl (C=O) groups is 1. The summed E-state index contributed by atoms with van der Waals surface area (Å²) in [6.07, 6.45) is 1.31. The second-order valence-electron chi connectivity index (χ2n) is 8.35. The summed E-state index contributed by atoms with van der Waals surface area (Å²) in [6, 6.07) is 10.8. The lowest BCUT2D eigenvalue weighted by Gasteiger charge is -2.29. The van der Waals surface area contributed by atoms with Gasteiger partial charge in [-0.3, -0.25) is 14.2 Å². The number of anilines is 1. The van der Waals surface area contributed by atoms with E-state index in [1.807, 2.05) is 43.3 Å². The molecule has 174 valence electrons. The van der Waals surface area contributed by atoms with E-state index < -0.39 is 6.17 Å². The van der Waals surface area contributed by atoms with E-state index >= 15 is 0 Å². The van der Waals surface area contributed by atoms with Crippen LogP contribution in [-0.2, 0) is 0 Å². The van der Waals surface area contributed by atoms with Gasteiger partial charge in [-0.2, -0.15) is 0 Å². The van der Waals surface area contributed by atoms with Crippen LogP contribution in [0.3, 0.4) is 0 Å².